The summed E-state index contributed by atoms with van der Waals surface area (Å²) in [5.74, 6) is -3.18. The zero-order chi connectivity index (χ0) is 21.4. The van der Waals surface area contributed by atoms with Crippen LogP contribution in [-0.2, 0) is 23.9 Å². The summed E-state index contributed by atoms with van der Waals surface area (Å²) in [6.07, 6.45) is 1.17. The highest BCUT2D eigenvalue weighted by Crippen LogP contribution is 2.24. The molecule has 152 valence electrons. The Bertz CT molecular complexity index is 973. The van der Waals surface area contributed by atoms with Crippen LogP contribution in [0.2, 0.25) is 0 Å². The number of hydrogen-bond donors (Lipinski definition) is 1. The van der Waals surface area contributed by atoms with Gasteiger partial charge in [0.15, 0.2) is 11.7 Å². The smallest absolute Gasteiger partial charge is 0.341 e. The van der Waals surface area contributed by atoms with Crippen molar-refractivity contribution in [1.29, 1.82) is 0 Å². The lowest BCUT2D eigenvalue weighted by Crippen LogP contribution is -2.28. The zero-order valence-corrected chi connectivity index (χ0v) is 15.9. The van der Waals surface area contributed by atoms with Crippen LogP contribution in [0.4, 0.5) is 14.5 Å². The third kappa shape index (κ3) is 5.61. The van der Waals surface area contributed by atoms with Crippen LogP contribution < -0.4 is 5.48 Å². The lowest BCUT2D eigenvalue weighted by Gasteiger charge is -2.15. The summed E-state index contributed by atoms with van der Waals surface area (Å²) in [4.78, 5) is 32.3. The van der Waals surface area contributed by atoms with Crippen molar-refractivity contribution in [3.8, 4) is 0 Å². The number of hydrogen-bond acceptors (Lipinski definition) is 6. The molecule has 0 unspecified atom stereocenters. The van der Waals surface area contributed by atoms with Gasteiger partial charge < -0.3 is 14.3 Å². The monoisotopic (exact) mass is 404 g/mol. The van der Waals surface area contributed by atoms with E-state index in [4.69, 9.17) is 14.3 Å². The van der Waals surface area contributed by atoms with E-state index >= 15 is 0 Å². The fourth-order valence-electron chi connectivity index (χ4n) is 2.32. The minimum absolute atomic E-state index is 0.0440. The van der Waals surface area contributed by atoms with Crippen molar-refractivity contribution in [1.82, 2.24) is 5.48 Å². The number of halogens is 2. The van der Waals surface area contributed by atoms with Crippen LogP contribution in [0.15, 0.2) is 53.7 Å². The Labute approximate surface area is 165 Å². The Balaban J connectivity index is 2.65. The molecule has 0 aromatic heterocycles. The molecule has 0 aliphatic rings. The first-order valence-electron chi connectivity index (χ1n) is 8.25. The average molecular weight is 404 g/mol. The number of ether oxygens (including phenoxy) is 2. The quantitative estimate of drug-likeness (QED) is 0.206. The highest BCUT2D eigenvalue weighted by molar-refractivity contribution is 6.19. The second-order valence-corrected chi connectivity index (χ2v) is 5.56. The third-order valence-electron chi connectivity index (χ3n) is 3.55. The maximum absolute atomic E-state index is 14.1. The predicted molar refractivity (Wildman–Crippen MR) is 101 cm³/mol. The Morgan fingerprint density at radius 2 is 1.76 bits per heavy atom. The van der Waals surface area contributed by atoms with Crippen molar-refractivity contribution in [3.05, 3.63) is 71.5 Å². The van der Waals surface area contributed by atoms with Crippen LogP contribution in [0, 0.1) is 11.6 Å². The fraction of sp³-hybridized carbons (Fsp3) is 0.150. The van der Waals surface area contributed by atoms with Gasteiger partial charge in [0, 0.05) is 24.1 Å². The van der Waals surface area contributed by atoms with Gasteiger partial charge in [-0.2, -0.15) is 5.48 Å². The summed E-state index contributed by atoms with van der Waals surface area (Å²) >= 11 is 0. The summed E-state index contributed by atoms with van der Waals surface area (Å²) in [5.41, 5.74) is 2.74. The first-order valence-corrected chi connectivity index (χ1v) is 8.25. The molecule has 2 rings (SSSR count). The number of hydroxylamine groups is 1. The van der Waals surface area contributed by atoms with E-state index in [9.17, 15) is 18.4 Å². The maximum Gasteiger partial charge on any atom is 0.341 e. The summed E-state index contributed by atoms with van der Waals surface area (Å²) < 4.78 is 37.0. The molecule has 7 nitrogen and oxygen atoms in total. The van der Waals surface area contributed by atoms with Gasteiger partial charge in [0.05, 0.1) is 20.5 Å². The number of rotatable bonds is 5. The fourth-order valence-corrected chi connectivity index (χ4v) is 2.32. The summed E-state index contributed by atoms with van der Waals surface area (Å²) in [5, 5.41) is 0. The first-order chi connectivity index (χ1) is 13.9. The number of amidine groups is 1. The highest BCUT2D eigenvalue weighted by Gasteiger charge is 2.20. The van der Waals surface area contributed by atoms with E-state index in [-0.39, 0.29) is 22.7 Å². The molecular weight excluding hydrogens is 386 g/mol. The molecule has 1 N–H and O–H groups in total. The Morgan fingerprint density at radius 1 is 1.07 bits per heavy atom. The normalized spacial score (nSPS) is 11.6. The number of nitrogens with zero attached hydrogens (tertiary/aromatic N) is 1. The molecule has 2 aromatic carbocycles. The van der Waals surface area contributed by atoms with Gasteiger partial charge >= 0.3 is 11.9 Å². The Morgan fingerprint density at radius 3 is 2.34 bits per heavy atom. The van der Waals surface area contributed by atoms with Gasteiger partial charge in [-0.25, -0.2) is 18.6 Å². The van der Waals surface area contributed by atoms with Crippen molar-refractivity contribution >= 4 is 29.0 Å². The number of benzene rings is 2. The summed E-state index contributed by atoms with van der Waals surface area (Å²) in [6.45, 7) is 1.15. The molecule has 0 saturated heterocycles. The maximum atomic E-state index is 14.1. The van der Waals surface area contributed by atoms with Crippen LogP contribution in [-0.4, -0.2) is 32.0 Å². The lowest BCUT2D eigenvalue weighted by molar-refractivity contribution is -0.145. The molecule has 9 heteroatoms. The molecule has 0 bridgehead atoms. The van der Waals surface area contributed by atoms with Crippen LogP contribution in [0.1, 0.15) is 18.1 Å². The first kappa shape index (κ1) is 21.5. The molecule has 0 heterocycles. The topological polar surface area (TPSA) is 86.2 Å². The molecule has 29 heavy (non-hydrogen) atoms. The summed E-state index contributed by atoms with van der Waals surface area (Å²) in [6, 6.07) is 9.22. The molecule has 2 aromatic rings. The second-order valence-electron chi connectivity index (χ2n) is 5.56. The minimum Gasteiger partial charge on any atom is -0.503 e. The van der Waals surface area contributed by atoms with Crippen molar-refractivity contribution in [2.24, 2.45) is 4.99 Å². The predicted octanol–water partition coefficient (Wildman–Crippen LogP) is 3.27. The van der Waals surface area contributed by atoms with Gasteiger partial charge in [0.25, 0.3) is 0 Å². The highest BCUT2D eigenvalue weighted by atomic mass is 19.1. The number of esters is 1. The van der Waals surface area contributed by atoms with Gasteiger partial charge in [0.2, 0.25) is 0 Å². The largest absolute Gasteiger partial charge is 0.503 e. The molecule has 0 spiro atoms. The average Bonchev–Trinajstić information content (AvgIpc) is 2.70. The van der Waals surface area contributed by atoms with E-state index in [1.807, 2.05) is 0 Å². The van der Waals surface area contributed by atoms with Crippen molar-refractivity contribution in [2.75, 3.05) is 14.2 Å². The minimum atomic E-state index is -0.926. The number of aliphatic imine (C=N–C) groups is 1. The molecule has 0 aliphatic heterocycles. The Kier molecular flexibility index (Phi) is 7.41. The molecule has 0 saturated carbocycles. The van der Waals surface area contributed by atoms with Crippen molar-refractivity contribution < 1.29 is 32.7 Å². The number of nitrogens with one attached hydrogen (secondary N) is 1. The SMILES string of the molecule is CO/C=C(/C(=O)OC)c1ccccc1C(=Nc1ccc(F)cc1F)NOC(C)=O. The van der Waals surface area contributed by atoms with E-state index < -0.39 is 23.6 Å². The number of methoxy groups -OCH3 is 2. The van der Waals surface area contributed by atoms with Gasteiger partial charge in [-0.1, -0.05) is 24.3 Å². The van der Waals surface area contributed by atoms with Crippen LogP contribution >= 0.6 is 0 Å². The van der Waals surface area contributed by atoms with Crippen LogP contribution in [0.3, 0.4) is 0 Å². The second kappa shape index (κ2) is 9.98. The van der Waals surface area contributed by atoms with E-state index in [1.165, 1.54) is 20.5 Å². The molecule has 0 atom stereocenters. The van der Waals surface area contributed by atoms with Gasteiger partial charge in [-0.05, 0) is 12.1 Å². The van der Waals surface area contributed by atoms with Crippen molar-refractivity contribution in [3.63, 3.8) is 0 Å². The molecule has 0 amide bonds. The molecule has 0 fully saturated rings. The van der Waals surface area contributed by atoms with Gasteiger partial charge in [0.1, 0.15) is 17.1 Å². The zero-order valence-electron chi connectivity index (χ0n) is 15.9. The lowest BCUT2D eigenvalue weighted by atomic mass is 9.99. The molecule has 0 aliphatic carbocycles. The molecule has 0 radical (unpaired) electrons. The van der Waals surface area contributed by atoms with E-state index in [1.54, 1.807) is 24.3 Å². The summed E-state index contributed by atoms with van der Waals surface area (Å²) in [7, 11) is 2.56. The standard InChI is InChI=1S/C20H18F2N2O5/c1-12(25)29-24-19(23-18-9-8-13(21)10-17(18)22)15-7-5-4-6-14(15)16(11-27-2)20(26)28-3/h4-11H,1-3H3,(H,23,24)/b16-11+. The van der Waals surface area contributed by atoms with E-state index in [0.717, 1.165) is 19.1 Å². The van der Waals surface area contributed by atoms with Gasteiger partial charge in [-0.15, -0.1) is 0 Å². The van der Waals surface area contributed by atoms with E-state index in [2.05, 4.69) is 10.5 Å². The van der Waals surface area contributed by atoms with Crippen LogP contribution in [0.25, 0.3) is 5.57 Å². The number of carbonyl (C=O) groups excluding carboxylic acids is 2. The molecular formula is C20H18F2N2O5. The third-order valence-corrected chi connectivity index (χ3v) is 3.55. The van der Waals surface area contributed by atoms with Gasteiger partial charge in [-0.3, -0.25) is 4.79 Å². The van der Waals surface area contributed by atoms with Crippen molar-refractivity contribution in [2.45, 2.75) is 6.92 Å². The number of carbonyl (C=O) groups is 2. The van der Waals surface area contributed by atoms with Crippen LogP contribution in [0.5, 0.6) is 0 Å². The van der Waals surface area contributed by atoms with E-state index in [0.29, 0.717) is 11.6 Å². The Hall–Kier alpha value is -3.75.